The highest BCUT2D eigenvalue weighted by Crippen LogP contribution is 2.36. The third kappa shape index (κ3) is 4.77. The Balaban J connectivity index is 2.29. The number of alkyl halides is 2. The van der Waals surface area contributed by atoms with E-state index < -0.39 is 35.5 Å². The number of nitro groups is 1. The number of rotatable bonds is 8. The molecule has 0 aliphatic carbocycles. The number of methoxy groups -OCH3 is 2. The van der Waals surface area contributed by atoms with Crippen molar-refractivity contribution in [1.82, 2.24) is 4.98 Å². The molecule has 0 saturated carbocycles. The van der Waals surface area contributed by atoms with Crippen molar-refractivity contribution in [1.29, 1.82) is 0 Å². The molecule has 0 unspecified atom stereocenters. The SMILES string of the molecule is COc1cc(COC(=O)c2cccnc2OC)c([N+](=O)[O-])cc1OC(F)F. The lowest BCUT2D eigenvalue weighted by Gasteiger charge is -2.12. The first-order valence-electron chi connectivity index (χ1n) is 7.33. The van der Waals surface area contributed by atoms with Gasteiger partial charge >= 0.3 is 12.6 Å². The predicted molar refractivity (Wildman–Crippen MR) is 86.2 cm³/mol. The number of carbonyl (C=O) groups is 1. The highest BCUT2D eigenvalue weighted by molar-refractivity contribution is 5.91. The van der Waals surface area contributed by atoms with Gasteiger partial charge in [-0.1, -0.05) is 0 Å². The molecule has 27 heavy (non-hydrogen) atoms. The predicted octanol–water partition coefficient (Wildman–Crippen LogP) is 2.97. The number of ether oxygens (including phenoxy) is 4. The fourth-order valence-electron chi connectivity index (χ4n) is 2.15. The van der Waals surface area contributed by atoms with Crippen molar-refractivity contribution in [2.45, 2.75) is 13.2 Å². The lowest BCUT2D eigenvalue weighted by Crippen LogP contribution is -2.10. The minimum absolute atomic E-state index is 0.0206. The maximum atomic E-state index is 12.4. The molecule has 0 bridgehead atoms. The van der Waals surface area contributed by atoms with Crippen LogP contribution < -0.4 is 14.2 Å². The van der Waals surface area contributed by atoms with Gasteiger partial charge in [0, 0.05) is 6.20 Å². The van der Waals surface area contributed by atoms with Crippen LogP contribution in [-0.4, -0.2) is 36.7 Å². The van der Waals surface area contributed by atoms with Crippen molar-refractivity contribution in [2.24, 2.45) is 0 Å². The van der Waals surface area contributed by atoms with Gasteiger partial charge in [-0.15, -0.1) is 0 Å². The summed E-state index contributed by atoms with van der Waals surface area (Å²) in [6.07, 6.45) is 1.41. The van der Waals surface area contributed by atoms with E-state index in [-0.39, 0.29) is 22.8 Å². The Morgan fingerprint density at radius 1 is 1.26 bits per heavy atom. The second kappa shape index (κ2) is 8.74. The number of hydrogen-bond acceptors (Lipinski definition) is 8. The van der Waals surface area contributed by atoms with Gasteiger partial charge in [0.25, 0.3) is 5.69 Å². The van der Waals surface area contributed by atoms with Crippen LogP contribution in [0.2, 0.25) is 0 Å². The topological polar surface area (TPSA) is 110 Å². The molecule has 144 valence electrons. The molecule has 0 fully saturated rings. The average molecular weight is 384 g/mol. The summed E-state index contributed by atoms with van der Waals surface area (Å²) in [5, 5.41) is 11.2. The fourth-order valence-corrected chi connectivity index (χ4v) is 2.15. The van der Waals surface area contributed by atoms with Crippen LogP contribution in [0.3, 0.4) is 0 Å². The molecule has 2 aromatic rings. The maximum absolute atomic E-state index is 12.4. The molecule has 0 spiro atoms. The lowest BCUT2D eigenvalue weighted by molar-refractivity contribution is -0.386. The second-order valence-corrected chi connectivity index (χ2v) is 4.90. The Labute approximate surface area is 151 Å². The smallest absolute Gasteiger partial charge is 0.387 e. The summed E-state index contributed by atoms with van der Waals surface area (Å²) in [6, 6.07) is 4.76. The third-order valence-electron chi connectivity index (χ3n) is 3.32. The van der Waals surface area contributed by atoms with Crippen LogP contribution >= 0.6 is 0 Å². The third-order valence-corrected chi connectivity index (χ3v) is 3.32. The number of nitrogens with zero attached hydrogens (tertiary/aromatic N) is 2. The molecule has 1 aromatic heterocycles. The number of aromatic nitrogens is 1. The molecule has 0 saturated heterocycles. The normalized spacial score (nSPS) is 10.4. The Hall–Kier alpha value is -3.50. The molecule has 9 nitrogen and oxygen atoms in total. The van der Waals surface area contributed by atoms with Crippen molar-refractivity contribution in [2.75, 3.05) is 14.2 Å². The number of benzene rings is 1. The molecule has 0 aliphatic heterocycles. The summed E-state index contributed by atoms with van der Waals surface area (Å²) in [4.78, 5) is 26.4. The van der Waals surface area contributed by atoms with Crippen LogP contribution in [0.5, 0.6) is 17.4 Å². The minimum atomic E-state index is -3.19. The molecule has 1 aromatic carbocycles. The second-order valence-electron chi connectivity index (χ2n) is 4.90. The van der Waals surface area contributed by atoms with Crippen LogP contribution in [0.1, 0.15) is 15.9 Å². The summed E-state index contributed by atoms with van der Waals surface area (Å²) in [5.41, 5.74) is -0.626. The van der Waals surface area contributed by atoms with Crippen LogP contribution in [0, 0.1) is 10.1 Å². The maximum Gasteiger partial charge on any atom is 0.387 e. The Kier molecular flexibility index (Phi) is 6.41. The minimum Gasteiger partial charge on any atom is -0.493 e. The molecule has 0 amide bonds. The number of pyridine rings is 1. The van der Waals surface area contributed by atoms with Crippen LogP contribution in [0.15, 0.2) is 30.5 Å². The molecular formula is C16H14F2N2O7. The van der Waals surface area contributed by atoms with Gasteiger partial charge in [-0.05, 0) is 18.2 Å². The molecule has 2 rings (SSSR count). The van der Waals surface area contributed by atoms with Gasteiger partial charge in [-0.25, -0.2) is 9.78 Å². The van der Waals surface area contributed by atoms with E-state index in [1.165, 1.54) is 32.5 Å². The van der Waals surface area contributed by atoms with E-state index in [4.69, 9.17) is 14.2 Å². The van der Waals surface area contributed by atoms with E-state index in [1.54, 1.807) is 0 Å². The van der Waals surface area contributed by atoms with E-state index in [2.05, 4.69) is 9.72 Å². The number of hydrogen-bond donors (Lipinski definition) is 0. The molecule has 0 aliphatic rings. The molecule has 1 heterocycles. The first-order valence-corrected chi connectivity index (χ1v) is 7.33. The zero-order chi connectivity index (χ0) is 20.0. The summed E-state index contributed by atoms with van der Waals surface area (Å²) in [6.45, 7) is -3.71. The van der Waals surface area contributed by atoms with Gasteiger partial charge < -0.3 is 18.9 Å². The van der Waals surface area contributed by atoms with Crippen LogP contribution in [0.4, 0.5) is 14.5 Å². The number of nitro benzene ring substituents is 1. The first kappa shape index (κ1) is 19.8. The molecule has 0 atom stereocenters. The molecule has 11 heteroatoms. The quantitative estimate of drug-likeness (QED) is 0.388. The first-order chi connectivity index (χ1) is 12.9. The van der Waals surface area contributed by atoms with Gasteiger partial charge in [-0.3, -0.25) is 10.1 Å². The zero-order valence-corrected chi connectivity index (χ0v) is 14.2. The Bertz CT molecular complexity index is 846. The van der Waals surface area contributed by atoms with Gasteiger partial charge in [0.1, 0.15) is 12.2 Å². The van der Waals surface area contributed by atoms with Gasteiger partial charge in [-0.2, -0.15) is 8.78 Å². The highest BCUT2D eigenvalue weighted by atomic mass is 19.3. The zero-order valence-electron chi connectivity index (χ0n) is 14.2. The molecule has 0 N–H and O–H groups in total. The van der Waals surface area contributed by atoms with E-state index in [0.717, 1.165) is 12.1 Å². The average Bonchev–Trinajstić information content (AvgIpc) is 2.65. The van der Waals surface area contributed by atoms with E-state index in [1.807, 2.05) is 0 Å². The van der Waals surface area contributed by atoms with E-state index in [0.29, 0.717) is 0 Å². The molecule has 0 radical (unpaired) electrons. The van der Waals surface area contributed by atoms with Crippen molar-refractivity contribution in [3.05, 3.63) is 51.7 Å². The Morgan fingerprint density at radius 2 is 2.00 bits per heavy atom. The van der Waals surface area contributed by atoms with E-state index in [9.17, 15) is 23.7 Å². The molecular weight excluding hydrogens is 370 g/mol. The number of carbonyl (C=O) groups excluding carboxylic acids is 1. The Morgan fingerprint density at radius 3 is 2.59 bits per heavy atom. The largest absolute Gasteiger partial charge is 0.493 e. The monoisotopic (exact) mass is 384 g/mol. The van der Waals surface area contributed by atoms with Gasteiger partial charge in [0.15, 0.2) is 11.5 Å². The fraction of sp³-hybridized carbons (Fsp3) is 0.250. The number of halogens is 2. The van der Waals surface area contributed by atoms with Gasteiger partial charge in [0.05, 0.1) is 30.8 Å². The summed E-state index contributed by atoms with van der Waals surface area (Å²) in [7, 11) is 2.49. The lowest BCUT2D eigenvalue weighted by atomic mass is 10.1. The standard InChI is InChI=1S/C16H14F2N2O7/c1-24-12-6-9(11(20(22)23)7-13(12)27-16(17)18)8-26-15(21)10-4-3-5-19-14(10)25-2/h3-7,16H,8H2,1-2H3. The summed E-state index contributed by atoms with van der Waals surface area (Å²) >= 11 is 0. The van der Waals surface area contributed by atoms with Crippen LogP contribution in [0.25, 0.3) is 0 Å². The van der Waals surface area contributed by atoms with Crippen molar-refractivity contribution < 1.29 is 37.4 Å². The van der Waals surface area contributed by atoms with Gasteiger partial charge in [0.2, 0.25) is 5.88 Å². The van der Waals surface area contributed by atoms with E-state index >= 15 is 0 Å². The summed E-state index contributed by atoms with van der Waals surface area (Å²) in [5.74, 6) is -1.49. The van der Waals surface area contributed by atoms with Crippen molar-refractivity contribution in [3.63, 3.8) is 0 Å². The summed E-state index contributed by atoms with van der Waals surface area (Å²) < 4.78 is 44.0. The van der Waals surface area contributed by atoms with Crippen LogP contribution in [-0.2, 0) is 11.3 Å². The van der Waals surface area contributed by atoms with Crippen molar-refractivity contribution in [3.8, 4) is 17.4 Å². The highest BCUT2D eigenvalue weighted by Gasteiger charge is 2.23. The van der Waals surface area contributed by atoms with Crippen molar-refractivity contribution >= 4 is 11.7 Å². The number of esters is 1.